The minimum absolute atomic E-state index is 0.141. The monoisotopic (exact) mass is 648 g/mol. The highest BCUT2D eigenvalue weighted by atomic mass is 16.6. The average molecular weight is 649 g/mol. The van der Waals surface area contributed by atoms with Crippen molar-refractivity contribution in [1.82, 2.24) is 0 Å². The van der Waals surface area contributed by atoms with Crippen LogP contribution in [-0.2, 0) is 23.7 Å². The van der Waals surface area contributed by atoms with Gasteiger partial charge < -0.3 is 33.2 Å². The van der Waals surface area contributed by atoms with Gasteiger partial charge in [-0.05, 0) is 109 Å². The normalized spacial score (nSPS) is 20.2. The zero-order chi connectivity index (χ0) is 33.6. The first-order valence-corrected chi connectivity index (χ1v) is 16.4. The smallest absolute Gasteiger partial charge is 0.128 e. The SMILES string of the molecule is C=C/C(=C\c1cc(OCC2CO2)ccc1C)Oc1ccc(C)c(/C(=C(\C)OCC2CO2)c2ccc(/C=C\C(=C)OCC3CO3)c(C)c2)c1. The zero-order valence-electron chi connectivity index (χ0n) is 28.3. The molecular formula is C41H44O7. The maximum Gasteiger partial charge on any atom is 0.128 e. The first-order chi connectivity index (χ1) is 23.2. The summed E-state index contributed by atoms with van der Waals surface area (Å²) in [4.78, 5) is 0. The first kappa shape index (κ1) is 33.3. The zero-order valence-corrected chi connectivity index (χ0v) is 28.3. The number of hydrogen-bond donors (Lipinski definition) is 0. The molecule has 0 amide bonds. The van der Waals surface area contributed by atoms with Gasteiger partial charge in [0.1, 0.15) is 66.9 Å². The molecule has 3 heterocycles. The van der Waals surface area contributed by atoms with Crippen molar-refractivity contribution >= 4 is 17.7 Å². The molecule has 6 rings (SSSR count). The number of epoxide rings is 3. The van der Waals surface area contributed by atoms with Crippen LogP contribution in [0.1, 0.15) is 45.9 Å². The fourth-order valence-corrected chi connectivity index (χ4v) is 5.19. The van der Waals surface area contributed by atoms with Crippen molar-refractivity contribution in [3.63, 3.8) is 0 Å². The summed E-state index contributed by atoms with van der Waals surface area (Å²) in [5.74, 6) is 3.55. The van der Waals surface area contributed by atoms with Crippen LogP contribution in [0.2, 0.25) is 0 Å². The number of benzene rings is 3. The van der Waals surface area contributed by atoms with E-state index in [9.17, 15) is 0 Å². The maximum absolute atomic E-state index is 6.44. The van der Waals surface area contributed by atoms with Gasteiger partial charge in [0.25, 0.3) is 0 Å². The van der Waals surface area contributed by atoms with Crippen LogP contribution in [0.4, 0.5) is 0 Å². The van der Waals surface area contributed by atoms with E-state index < -0.39 is 0 Å². The number of ether oxygens (including phenoxy) is 7. The van der Waals surface area contributed by atoms with Crippen molar-refractivity contribution in [2.75, 3.05) is 39.6 Å². The molecule has 7 heteroatoms. The molecule has 3 fully saturated rings. The Labute approximate surface area is 283 Å². The van der Waals surface area contributed by atoms with E-state index in [4.69, 9.17) is 33.2 Å². The minimum atomic E-state index is 0.141. The molecule has 3 unspecified atom stereocenters. The average Bonchev–Trinajstić information content (AvgIpc) is 3.91. The minimum Gasteiger partial charge on any atom is -0.495 e. The Morgan fingerprint density at radius 2 is 1.44 bits per heavy atom. The Bertz CT molecular complexity index is 1750. The van der Waals surface area contributed by atoms with Gasteiger partial charge in [-0.3, -0.25) is 0 Å². The number of aryl methyl sites for hydroxylation is 3. The van der Waals surface area contributed by atoms with Gasteiger partial charge >= 0.3 is 0 Å². The lowest BCUT2D eigenvalue weighted by Gasteiger charge is -2.18. The second kappa shape index (κ2) is 15.1. The van der Waals surface area contributed by atoms with Crippen LogP contribution < -0.4 is 9.47 Å². The largest absolute Gasteiger partial charge is 0.495 e. The molecule has 0 radical (unpaired) electrons. The second-order valence-corrected chi connectivity index (χ2v) is 12.4. The molecule has 3 aliphatic heterocycles. The van der Waals surface area contributed by atoms with Crippen molar-refractivity contribution in [3.05, 3.63) is 136 Å². The molecule has 3 saturated heterocycles. The molecule has 0 aromatic heterocycles. The molecule has 0 bridgehead atoms. The quantitative estimate of drug-likeness (QED) is 0.0831. The summed E-state index contributed by atoms with van der Waals surface area (Å²) in [6, 6.07) is 18.6. The van der Waals surface area contributed by atoms with Crippen molar-refractivity contribution < 1.29 is 33.2 Å². The standard InChI is InChI=1S/C41H44O7/c1-7-34(17-33-18-35(14-8-26(33)2)44-22-39-25-47-39)48-36-15-9-27(3)40(19-36)41(30(6)43-21-38-24-46-38)32-13-12-31(28(4)16-32)11-10-29(5)42-20-37-23-45-37/h7-19,37-39H,1,5,20-25H2,2-4,6H3/b11-10-,34-17+,41-30+. The number of hydrogen-bond acceptors (Lipinski definition) is 7. The van der Waals surface area contributed by atoms with Crippen LogP contribution in [0.5, 0.6) is 11.5 Å². The van der Waals surface area contributed by atoms with Crippen LogP contribution in [-0.4, -0.2) is 58.0 Å². The topological polar surface area (TPSA) is 74.5 Å². The van der Waals surface area contributed by atoms with Crippen LogP contribution in [0.15, 0.2) is 97.2 Å². The van der Waals surface area contributed by atoms with Crippen LogP contribution in [0, 0.1) is 20.8 Å². The fourth-order valence-electron chi connectivity index (χ4n) is 5.19. The van der Waals surface area contributed by atoms with E-state index >= 15 is 0 Å². The summed E-state index contributed by atoms with van der Waals surface area (Å²) >= 11 is 0. The highest BCUT2D eigenvalue weighted by Gasteiger charge is 2.25. The Hall–Kier alpha value is -4.56. The van der Waals surface area contributed by atoms with E-state index in [1.54, 1.807) is 6.08 Å². The Morgan fingerprint density at radius 3 is 2.12 bits per heavy atom. The third-order valence-electron chi connectivity index (χ3n) is 8.41. The van der Waals surface area contributed by atoms with Gasteiger partial charge in [0.15, 0.2) is 0 Å². The molecule has 0 spiro atoms. The lowest BCUT2D eigenvalue weighted by molar-refractivity contribution is 0.186. The molecule has 3 atom stereocenters. The molecule has 3 aromatic rings. The third kappa shape index (κ3) is 9.28. The summed E-state index contributed by atoms with van der Waals surface area (Å²) < 4.78 is 40.2. The summed E-state index contributed by atoms with van der Waals surface area (Å²) in [6.45, 7) is 20.2. The van der Waals surface area contributed by atoms with E-state index in [1.165, 1.54) is 0 Å². The molecule has 0 N–H and O–H groups in total. The van der Waals surface area contributed by atoms with Gasteiger partial charge in [0.05, 0.1) is 19.8 Å². The lowest BCUT2D eigenvalue weighted by atomic mass is 9.91. The van der Waals surface area contributed by atoms with E-state index in [-0.39, 0.29) is 18.3 Å². The van der Waals surface area contributed by atoms with Crippen molar-refractivity contribution in [3.8, 4) is 11.5 Å². The molecular weight excluding hydrogens is 604 g/mol. The van der Waals surface area contributed by atoms with Gasteiger partial charge in [0, 0.05) is 5.57 Å². The van der Waals surface area contributed by atoms with Gasteiger partial charge in [-0.2, -0.15) is 0 Å². The molecule has 7 nitrogen and oxygen atoms in total. The molecule has 48 heavy (non-hydrogen) atoms. The Kier molecular flexibility index (Phi) is 10.5. The van der Waals surface area contributed by atoms with Crippen molar-refractivity contribution in [1.29, 1.82) is 0 Å². The number of rotatable bonds is 17. The second-order valence-electron chi connectivity index (χ2n) is 12.4. The number of allylic oxidation sites excluding steroid dienone is 3. The van der Waals surface area contributed by atoms with Gasteiger partial charge in [-0.15, -0.1) is 0 Å². The molecule has 3 aliphatic rings. The highest BCUT2D eigenvalue weighted by molar-refractivity contribution is 5.84. The van der Waals surface area contributed by atoms with Crippen LogP contribution >= 0.6 is 0 Å². The highest BCUT2D eigenvalue weighted by Crippen LogP contribution is 2.35. The summed E-state index contributed by atoms with van der Waals surface area (Å²) in [7, 11) is 0. The Morgan fingerprint density at radius 1 is 0.771 bits per heavy atom. The van der Waals surface area contributed by atoms with E-state index in [0.29, 0.717) is 37.1 Å². The van der Waals surface area contributed by atoms with Crippen LogP contribution in [0.3, 0.4) is 0 Å². The third-order valence-corrected chi connectivity index (χ3v) is 8.41. The maximum atomic E-state index is 6.44. The van der Waals surface area contributed by atoms with Gasteiger partial charge in [-0.1, -0.05) is 49.6 Å². The first-order valence-electron chi connectivity index (χ1n) is 16.4. The summed E-state index contributed by atoms with van der Waals surface area (Å²) in [6.07, 6.45) is 8.16. The van der Waals surface area contributed by atoms with Gasteiger partial charge in [0.2, 0.25) is 0 Å². The lowest BCUT2D eigenvalue weighted by Crippen LogP contribution is -2.04. The van der Waals surface area contributed by atoms with Crippen LogP contribution in [0.25, 0.3) is 17.7 Å². The van der Waals surface area contributed by atoms with Crippen molar-refractivity contribution in [2.45, 2.75) is 46.0 Å². The predicted octanol–water partition coefficient (Wildman–Crippen LogP) is 8.13. The van der Waals surface area contributed by atoms with E-state index in [1.807, 2.05) is 49.4 Å². The summed E-state index contributed by atoms with van der Waals surface area (Å²) in [5.41, 5.74) is 8.46. The van der Waals surface area contributed by atoms with E-state index in [0.717, 1.165) is 75.8 Å². The van der Waals surface area contributed by atoms with Crippen molar-refractivity contribution in [2.24, 2.45) is 0 Å². The molecule has 0 saturated carbocycles. The van der Waals surface area contributed by atoms with Gasteiger partial charge in [-0.25, -0.2) is 0 Å². The van der Waals surface area contributed by atoms with E-state index in [2.05, 4.69) is 64.3 Å². The Balaban J connectivity index is 1.26. The molecule has 3 aromatic carbocycles. The molecule has 250 valence electrons. The molecule has 0 aliphatic carbocycles. The predicted molar refractivity (Wildman–Crippen MR) is 189 cm³/mol. The fraction of sp³-hybridized carbons (Fsp3) is 0.317. The summed E-state index contributed by atoms with van der Waals surface area (Å²) in [5, 5.41) is 0.